The molecule has 0 N–H and O–H groups in total. The Morgan fingerprint density at radius 1 is 0.288 bits per heavy atom. The zero-order chi connectivity index (χ0) is 54.7. The number of rotatable bonds is 19. The van der Waals surface area contributed by atoms with Crippen molar-refractivity contribution in [2.24, 2.45) is 35.5 Å². The average molecular weight is 1010 g/mol. The molecule has 0 nitrogen and oxygen atoms in total. The minimum Gasteiger partial charge on any atom is -0.0654 e. The van der Waals surface area contributed by atoms with Gasteiger partial charge in [0.25, 0.3) is 0 Å². The van der Waals surface area contributed by atoms with E-state index in [1.165, 1.54) is 207 Å². The topological polar surface area (TPSA) is 0 Å². The standard InChI is InChI=1S/C10H20.C10H14.C10H20.C10H14.C10H20.C10H14.C7H16.C6H14/c2*1-3-9-5-7-10(4-2)8-6-9;2*1-3-9-6-5-7-10(4-2)8-9;2*1-3-9-7-5-6-8-10(9)4-2;1-3-5-7-6-4-2;1-3-5-6-4-2/h9-10H,3-8H2,1-2H3;5-8H,3-4H2,1-2H3;9-10H,3-8H2,1-2H3;5-8H,3-4H2,1-2H3;9-10H,3-8H2,1-2H3;5-8H,3-4H2,1-2H3;3-7H2,1-2H3;3-6H2,1-2H3. The summed E-state index contributed by atoms with van der Waals surface area (Å²) in [5.74, 6) is 6.42. The molecule has 0 heterocycles. The first-order valence-electron chi connectivity index (χ1n) is 32.8. The van der Waals surface area contributed by atoms with Crippen molar-refractivity contribution in [2.75, 3.05) is 0 Å². The summed E-state index contributed by atoms with van der Waals surface area (Å²) in [6, 6.07) is 26.2. The molecule has 3 aliphatic rings. The van der Waals surface area contributed by atoms with E-state index in [-0.39, 0.29) is 0 Å². The van der Waals surface area contributed by atoms with Crippen molar-refractivity contribution < 1.29 is 0 Å². The van der Waals surface area contributed by atoms with E-state index in [0.29, 0.717) is 0 Å². The summed E-state index contributed by atoms with van der Waals surface area (Å²) in [4.78, 5) is 0. The van der Waals surface area contributed by atoms with Crippen LogP contribution in [-0.2, 0) is 38.5 Å². The lowest BCUT2D eigenvalue weighted by molar-refractivity contribution is 0.224. The van der Waals surface area contributed by atoms with Gasteiger partial charge in [-0.2, -0.15) is 0 Å². The first kappa shape index (κ1) is 72.7. The maximum atomic E-state index is 2.35. The van der Waals surface area contributed by atoms with Crippen molar-refractivity contribution in [1.29, 1.82) is 0 Å². The van der Waals surface area contributed by atoms with Gasteiger partial charge in [0.1, 0.15) is 0 Å². The maximum Gasteiger partial charge on any atom is -0.0305 e. The van der Waals surface area contributed by atoms with Crippen molar-refractivity contribution in [3.05, 3.63) is 106 Å². The number of benzene rings is 3. The van der Waals surface area contributed by atoms with Gasteiger partial charge in [-0.15, -0.1) is 0 Å². The largest absolute Gasteiger partial charge is 0.0654 e. The van der Waals surface area contributed by atoms with Gasteiger partial charge in [0.2, 0.25) is 0 Å². The van der Waals surface area contributed by atoms with Gasteiger partial charge in [-0.1, -0.05) is 351 Å². The Hall–Kier alpha value is -2.34. The van der Waals surface area contributed by atoms with Crippen LogP contribution in [0.5, 0.6) is 0 Å². The Morgan fingerprint density at radius 2 is 0.630 bits per heavy atom. The predicted octanol–water partition coefficient (Wildman–Crippen LogP) is 24.8. The Balaban J connectivity index is 0. The van der Waals surface area contributed by atoms with Gasteiger partial charge in [-0.25, -0.2) is 0 Å². The normalized spacial score (nSPS) is 19.7. The van der Waals surface area contributed by atoms with Crippen LogP contribution in [0.15, 0.2) is 72.8 Å². The molecule has 0 aromatic heterocycles. The molecule has 0 aliphatic heterocycles. The zero-order valence-corrected chi connectivity index (χ0v) is 52.7. The fourth-order valence-corrected chi connectivity index (χ4v) is 11.1. The molecule has 3 aliphatic carbocycles. The average Bonchev–Trinajstić information content (AvgIpc) is 3.47. The van der Waals surface area contributed by atoms with E-state index >= 15 is 0 Å². The van der Waals surface area contributed by atoms with Crippen molar-refractivity contribution in [3.8, 4) is 0 Å². The first-order valence-corrected chi connectivity index (χ1v) is 32.8. The molecule has 0 saturated heterocycles. The van der Waals surface area contributed by atoms with Crippen molar-refractivity contribution in [2.45, 2.75) is 323 Å². The van der Waals surface area contributed by atoms with E-state index < -0.39 is 0 Å². The van der Waals surface area contributed by atoms with Crippen LogP contribution >= 0.6 is 0 Å². The van der Waals surface area contributed by atoms with Gasteiger partial charge < -0.3 is 0 Å². The number of hydrogen-bond donors (Lipinski definition) is 0. The highest BCUT2D eigenvalue weighted by Crippen LogP contribution is 2.35. The molecule has 3 fully saturated rings. The molecule has 4 atom stereocenters. The maximum absolute atomic E-state index is 2.35. The summed E-state index contributed by atoms with van der Waals surface area (Å²) < 4.78 is 0. The fraction of sp³-hybridized carbons (Fsp3) is 0.753. The molecule has 4 unspecified atom stereocenters. The number of hydrogen-bond acceptors (Lipinski definition) is 0. The Labute approximate surface area is 462 Å². The van der Waals surface area contributed by atoms with E-state index in [0.717, 1.165) is 74.0 Å². The van der Waals surface area contributed by atoms with Crippen LogP contribution in [0, 0.1) is 35.5 Å². The van der Waals surface area contributed by atoms with Gasteiger partial charge in [0.15, 0.2) is 0 Å². The van der Waals surface area contributed by atoms with E-state index in [1.807, 2.05) is 0 Å². The molecule has 0 heteroatoms. The highest BCUT2D eigenvalue weighted by Gasteiger charge is 2.21. The van der Waals surface area contributed by atoms with Gasteiger partial charge in [0, 0.05) is 0 Å². The lowest BCUT2D eigenvalue weighted by Gasteiger charge is -2.29. The summed E-state index contributed by atoms with van der Waals surface area (Å²) in [5.41, 5.74) is 8.73. The summed E-state index contributed by atoms with van der Waals surface area (Å²) in [6.45, 7) is 36.1. The van der Waals surface area contributed by atoms with Gasteiger partial charge >= 0.3 is 0 Å². The monoisotopic (exact) mass is 1010 g/mol. The predicted molar refractivity (Wildman–Crippen MR) is 338 cm³/mol. The van der Waals surface area contributed by atoms with E-state index in [1.54, 1.807) is 0 Å². The molecule has 3 aromatic carbocycles. The molecule has 0 radical (unpaired) electrons. The summed E-state index contributed by atoms with van der Waals surface area (Å²) in [5, 5.41) is 0. The second kappa shape index (κ2) is 53.1. The molecule has 0 amide bonds. The molecule has 3 aromatic rings. The van der Waals surface area contributed by atoms with E-state index in [2.05, 4.69) is 184 Å². The minimum atomic E-state index is 1.07. The van der Waals surface area contributed by atoms with Gasteiger partial charge in [0.05, 0.1) is 0 Å². The Kier molecular flexibility index (Phi) is 52.9. The second-order valence-corrected chi connectivity index (χ2v) is 22.3. The lowest BCUT2D eigenvalue weighted by atomic mass is 9.77. The van der Waals surface area contributed by atoms with Crippen LogP contribution < -0.4 is 0 Å². The third kappa shape index (κ3) is 38.8. The SMILES string of the molecule is CCC1CCC(CC)CC1.CCC1CCCC(CC)C1.CCC1CCCCC1CC.CCCCCC.CCCCCCC.CCc1ccc(CC)cc1.CCc1cccc(CC)c1.CCc1ccccc1CC. The molecular weight excluding hydrogens is 877 g/mol. The number of unbranched alkanes of at least 4 members (excludes halogenated alkanes) is 7. The highest BCUT2D eigenvalue weighted by molar-refractivity contribution is 5.27. The summed E-state index contributed by atoms with van der Waals surface area (Å²) in [6.07, 6.45) is 46.0. The van der Waals surface area contributed by atoms with Crippen molar-refractivity contribution in [1.82, 2.24) is 0 Å². The van der Waals surface area contributed by atoms with E-state index in [9.17, 15) is 0 Å². The van der Waals surface area contributed by atoms with Crippen LogP contribution in [-0.4, -0.2) is 0 Å². The molecule has 0 bridgehead atoms. The fourth-order valence-electron chi connectivity index (χ4n) is 11.1. The van der Waals surface area contributed by atoms with Gasteiger partial charge in [-0.3, -0.25) is 0 Å². The smallest absolute Gasteiger partial charge is 0.0305 e. The van der Waals surface area contributed by atoms with Crippen LogP contribution in [0.2, 0.25) is 0 Å². The summed E-state index contributed by atoms with van der Waals surface area (Å²) in [7, 11) is 0. The third-order valence-electron chi connectivity index (χ3n) is 17.0. The van der Waals surface area contributed by atoms with E-state index in [4.69, 9.17) is 0 Å². The zero-order valence-electron chi connectivity index (χ0n) is 52.7. The van der Waals surface area contributed by atoms with Crippen LogP contribution in [0.1, 0.15) is 318 Å². The first-order chi connectivity index (χ1) is 35.5. The molecule has 6 rings (SSSR count). The second-order valence-electron chi connectivity index (χ2n) is 22.3. The molecule has 73 heavy (non-hydrogen) atoms. The van der Waals surface area contributed by atoms with Crippen molar-refractivity contribution in [3.63, 3.8) is 0 Å². The molecule has 3 saturated carbocycles. The quantitative estimate of drug-likeness (QED) is 0.105. The third-order valence-corrected chi connectivity index (χ3v) is 17.0. The number of aryl methyl sites for hydroxylation is 6. The Bertz CT molecular complexity index is 1410. The van der Waals surface area contributed by atoms with Gasteiger partial charge in [-0.05, 0) is 114 Å². The molecule has 424 valence electrons. The summed E-state index contributed by atoms with van der Waals surface area (Å²) >= 11 is 0. The van der Waals surface area contributed by atoms with Crippen LogP contribution in [0.4, 0.5) is 0 Å². The van der Waals surface area contributed by atoms with Crippen LogP contribution in [0.25, 0.3) is 0 Å². The van der Waals surface area contributed by atoms with Crippen LogP contribution in [0.3, 0.4) is 0 Å². The molecule has 0 spiro atoms. The lowest BCUT2D eigenvalue weighted by Crippen LogP contribution is -2.17. The Morgan fingerprint density at radius 3 is 0.918 bits per heavy atom. The highest BCUT2D eigenvalue weighted by atomic mass is 14.3. The van der Waals surface area contributed by atoms with Crippen molar-refractivity contribution >= 4 is 0 Å². The molecular formula is C73H132. The minimum absolute atomic E-state index is 1.07.